The summed E-state index contributed by atoms with van der Waals surface area (Å²) < 4.78 is 2.16. The lowest BCUT2D eigenvalue weighted by molar-refractivity contribution is 0.102. The van der Waals surface area contributed by atoms with Crippen LogP contribution in [0.1, 0.15) is 21.5 Å². The van der Waals surface area contributed by atoms with Crippen LogP contribution in [-0.2, 0) is 6.54 Å². The van der Waals surface area contributed by atoms with Gasteiger partial charge < -0.3 is 9.88 Å². The Morgan fingerprint density at radius 3 is 2.41 bits per heavy atom. The second-order valence-corrected chi connectivity index (χ2v) is 7.07. The number of aryl methyl sites for hydroxylation is 1. The van der Waals surface area contributed by atoms with Gasteiger partial charge in [0, 0.05) is 28.7 Å². The van der Waals surface area contributed by atoms with Gasteiger partial charge in [-0.2, -0.15) is 0 Å². The Morgan fingerprint density at radius 1 is 0.963 bits per heavy atom. The van der Waals surface area contributed by atoms with E-state index in [9.17, 15) is 4.79 Å². The van der Waals surface area contributed by atoms with Crippen LogP contribution in [0.4, 0.5) is 5.69 Å². The van der Waals surface area contributed by atoms with E-state index < -0.39 is 0 Å². The average molecular weight is 375 g/mol. The van der Waals surface area contributed by atoms with Crippen molar-refractivity contribution in [1.82, 2.24) is 4.57 Å². The Balaban J connectivity index is 1.66. The van der Waals surface area contributed by atoms with Crippen LogP contribution in [0.25, 0.3) is 10.9 Å². The van der Waals surface area contributed by atoms with Gasteiger partial charge in [0.2, 0.25) is 0 Å². The van der Waals surface area contributed by atoms with E-state index >= 15 is 0 Å². The number of carbonyl (C=O) groups excluding carboxylic acids is 1. The topological polar surface area (TPSA) is 34.0 Å². The Morgan fingerprint density at radius 2 is 1.67 bits per heavy atom. The maximum absolute atomic E-state index is 12.6. The molecule has 1 N–H and O–H groups in total. The fraction of sp³-hybridized carbons (Fsp3) is 0.0870. The Hall–Kier alpha value is -3.04. The number of anilines is 1. The van der Waals surface area contributed by atoms with Crippen molar-refractivity contribution in [3.63, 3.8) is 0 Å². The van der Waals surface area contributed by atoms with Gasteiger partial charge in [-0.15, -0.1) is 0 Å². The number of benzene rings is 3. The number of hydrogen-bond acceptors (Lipinski definition) is 1. The van der Waals surface area contributed by atoms with E-state index in [1.165, 1.54) is 11.1 Å². The lowest BCUT2D eigenvalue weighted by Crippen LogP contribution is -2.11. The molecule has 4 heteroatoms. The van der Waals surface area contributed by atoms with Crippen LogP contribution in [0, 0.1) is 6.92 Å². The summed E-state index contributed by atoms with van der Waals surface area (Å²) in [5.74, 6) is -0.148. The third kappa shape index (κ3) is 3.74. The van der Waals surface area contributed by atoms with Crippen molar-refractivity contribution in [2.45, 2.75) is 13.5 Å². The Kier molecular flexibility index (Phi) is 4.69. The fourth-order valence-electron chi connectivity index (χ4n) is 3.16. The van der Waals surface area contributed by atoms with Crippen LogP contribution >= 0.6 is 11.6 Å². The number of aromatic nitrogens is 1. The van der Waals surface area contributed by atoms with Crippen LogP contribution in [0.5, 0.6) is 0 Å². The standard InChI is InChI=1S/C23H19ClN2O/c1-16-6-8-17(9-7-16)14-26-15-21(20-4-2-3-5-22(20)26)25-23(27)18-10-12-19(24)13-11-18/h2-13,15H,14H2,1H3,(H,25,27). The quantitative estimate of drug-likeness (QED) is 0.473. The molecule has 0 atom stereocenters. The Bertz CT molecular complexity index is 1100. The molecule has 4 rings (SSSR count). The molecular weight excluding hydrogens is 356 g/mol. The zero-order valence-electron chi connectivity index (χ0n) is 14.9. The number of amides is 1. The summed E-state index contributed by atoms with van der Waals surface area (Å²) in [5, 5.41) is 4.67. The molecule has 0 fully saturated rings. The minimum Gasteiger partial charge on any atom is -0.341 e. The van der Waals surface area contributed by atoms with Crippen LogP contribution in [0.15, 0.2) is 79.0 Å². The third-order valence-electron chi connectivity index (χ3n) is 4.62. The lowest BCUT2D eigenvalue weighted by atomic mass is 10.1. The van der Waals surface area contributed by atoms with Gasteiger partial charge in [0.05, 0.1) is 11.2 Å². The van der Waals surface area contributed by atoms with Crippen LogP contribution in [0.2, 0.25) is 5.02 Å². The van der Waals surface area contributed by atoms with Crippen molar-refractivity contribution < 1.29 is 4.79 Å². The van der Waals surface area contributed by atoms with Gasteiger partial charge in [-0.25, -0.2) is 0 Å². The molecule has 4 aromatic rings. The number of nitrogens with zero attached hydrogens (tertiary/aromatic N) is 1. The first-order valence-corrected chi connectivity index (χ1v) is 9.18. The van der Waals surface area contributed by atoms with E-state index in [2.05, 4.69) is 47.1 Å². The molecule has 0 saturated heterocycles. The SMILES string of the molecule is Cc1ccc(Cn2cc(NC(=O)c3ccc(Cl)cc3)c3ccccc32)cc1. The van der Waals surface area contributed by atoms with Crippen LogP contribution in [0.3, 0.4) is 0 Å². The molecule has 3 nitrogen and oxygen atoms in total. The van der Waals surface area contributed by atoms with Crippen molar-refractivity contribution in [2.75, 3.05) is 5.32 Å². The number of halogens is 1. The molecule has 0 saturated carbocycles. The molecule has 134 valence electrons. The van der Waals surface area contributed by atoms with Gasteiger partial charge >= 0.3 is 0 Å². The van der Waals surface area contributed by atoms with Crippen molar-refractivity contribution in [3.05, 3.63) is 101 Å². The highest BCUT2D eigenvalue weighted by Crippen LogP contribution is 2.27. The monoisotopic (exact) mass is 374 g/mol. The van der Waals surface area contributed by atoms with E-state index in [0.717, 1.165) is 23.1 Å². The van der Waals surface area contributed by atoms with Crippen molar-refractivity contribution in [3.8, 4) is 0 Å². The minimum atomic E-state index is -0.148. The van der Waals surface area contributed by atoms with E-state index in [1.807, 2.05) is 24.4 Å². The van der Waals surface area contributed by atoms with Gasteiger partial charge in [0.15, 0.2) is 0 Å². The van der Waals surface area contributed by atoms with E-state index in [0.29, 0.717) is 10.6 Å². The minimum absolute atomic E-state index is 0.148. The first-order valence-electron chi connectivity index (χ1n) is 8.80. The maximum Gasteiger partial charge on any atom is 0.255 e. The average Bonchev–Trinajstić information content (AvgIpc) is 3.02. The van der Waals surface area contributed by atoms with Crippen LogP contribution in [-0.4, -0.2) is 10.5 Å². The number of hydrogen-bond donors (Lipinski definition) is 1. The summed E-state index contributed by atoms with van der Waals surface area (Å²) in [6.07, 6.45) is 2.00. The highest BCUT2D eigenvalue weighted by atomic mass is 35.5. The van der Waals surface area contributed by atoms with Gasteiger partial charge in [-0.3, -0.25) is 4.79 Å². The van der Waals surface area contributed by atoms with Crippen LogP contribution < -0.4 is 5.32 Å². The predicted octanol–water partition coefficient (Wildman–Crippen LogP) is 5.90. The zero-order chi connectivity index (χ0) is 18.8. The molecule has 1 heterocycles. The van der Waals surface area contributed by atoms with Crippen molar-refractivity contribution in [1.29, 1.82) is 0 Å². The highest BCUT2D eigenvalue weighted by Gasteiger charge is 2.12. The summed E-state index contributed by atoms with van der Waals surface area (Å²) in [6, 6.07) is 23.5. The van der Waals surface area contributed by atoms with E-state index in [1.54, 1.807) is 24.3 Å². The first kappa shape index (κ1) is 17.4. The lowest BCUT2D eigenvalue weighted by Gasteiger charge is -2.06. The normalized spacial score (nSPS) is 10.9. The number of nitrogens with one attached hydrogen (secondary N) is 1. The number of rotatable bonds is 4. The highest BCUT2D eigenvalue weighted by molar-refractivity contribution is 6.30. The molecule has 27 heavy (non-hydrogen) atoms. The molecule has 0 spiro atoms. The molecule has 1 aromatic heterocycles. The molecular formula is C23H19ClN2O. The Labute approximate surface area is 163 Å². The fourth-order valence-corrected chi connectivity index (χ4v) is 3.29. The molecule has 0 aliphatic rings. The van der Waals surface area contributed by atoms with Crippen molar-refractivity contribution >= 4 is 34.1 Å². The molecule has 0 aliphatic heterocycles. The molecule has 1 amide bonds. The van der Waals surface area contributed by atoms with Gasteiger partial charge in [-0.05, 0) is 42.8 Å². The number of para-hydroxylation sites is 1. The van der Waals surface area contributed by atoms with Gasteiger partial charge in [-0.1, -0.05) is 59.6 Å². The summed E-state index contributed by atoms with van der Waals surface area (Å²) in [7, 11) is 0. The summed E-state index contributed by atoms with van der Waals surface area (Å²) in [6.45, 7) is 2.83. The molecule has 0 bridgehead atoms. The largest absolute Gasteiger partial charge is 0.341 e. The third-order valence-corrected chi connectivity index (χ3v) is 4.87. The second kappa shape index (κ2) is 7.29. The zero-order valence-corrected chi connectivity index (χ0v) is 15.7. The molecule has 0 unspecified atom stereocenters. The predicted molar refractivity (Wildman–Crippen MR) is 112 cm³/mol. The number of fused-ring (bicyclic) bond motifs is 1. The van der Waals surface area contributed by atoms with Gasteiger partial charge in [0.25, 0.3) is 5.91 Å². The summed E-state index contributed by atoms with van der Waals surface area (Å²) >= 11 is 5.91. The molecule has 3 aromatic carbocycles. The van der Waals surface area contributed by atoms with E-state index in [-0.39, 0.29) is 5.91 Å². The van der Waals surface area contributed by atoms with Crippen molar-refractivity contribution in [2.24, 2.45) is 0 Å². The first-order chi connectivity index (χ1) is 13.1. The maximum atomic E-state index is 12.6. The molecule has 0 radical (unpaired) electrons. The second-order valence-electron chi connectivity index (χ2n) is 6.63. The summed E-state index contributed by atoms with van der Waals surface area (Å²) in [5.41, 5.74) is 4.93. The smallest absolute Gasteiger partial charge is 0.255 e. The molecule has 0 aliphatic carbocycles. The van der Waals surface area contributed by atoms with Gasteiger partial charge in [0.1, 0.15) is 0 Å². The van der Waals surface area contributed by atoms with E-state index in [4.69, 9.17) is 11.6 Å². The summed E-state index contributed by atoms with van der Waals surface area (Å²) in [4.78, 5) is 12.6. The number of carbonyl (C=O) groups is 1.